The molecule has 3 heterocycles. The monoisotopic (exact) mass is 290 g/mol. The molecule has 0 radical (unpaired) electrons. The van der Waals surface area contributed by atoms with Crippen molar-refractivity contribution in [2.24, 2.45) is 0 Å². The van der Waals surface area contributed by atoms with E-state index in [2.05, 4.69) is 10.1 Å². The number of thiazole rings is 1. The molecular formula is C14H18N4OS. The van der Waals surface area contributed by atoms with Gasteiger partial charge in [0.25, 0.3) is 0 Å². The molecule has 0 saturated carbocycles. The Morgan fingerprint density at radius 3 is 3.15 bits per heavy atom. The van der Waals surface area contributed by atoms with Gasteiger partial charge in [-0.1, -0.05) is 0 Å². The van der Waals surface area contributed by atoms with Crippen LogP contribution in [0.25, 0.3) is 0 Å². The van der Waals surface area contributed by atoms with Gasteiger partial charge in [0.15, 0.2) is 0 Å². The molecule has 6 heteroatoms. The summed E-state index contributed by atoms with van der Waals surface area (Å²) in [5.41, 5.74) is 0. The lowest BCUT2D eigenvalue weighted by molar-refractivity contribution is -0.132. The lowest BCUT2D eigenvalue weighted by Gasteiger charge is -2.33. The van der Waals surface area contributed by atoms with Crippen LogP contribution in [-0.2, 0) is 11.2 Å². The Kier molecular flexibility index (Phi) is 4.11. The largest absolute Gasteiger partial charge is 0.341 e. The van der Waals surface area contributed by atoms with Crippen LogP contribution in [0.2, 0.25) is 0 Å². The zero-order valence-electron chi connectivity index (χ0n) is 11.3. The van der Waals surface area contributed by atoms with Crippen LogP contribution in [0.4, 0.5) is 0 Å². The third kappa shape index (κ3) is 3.07. The molecule has 1 atom stereocenters. The molecule has 1 fully saturated rings. The number of hydrogen-bond acceptors (Lipinski definition) is 4. The molecule has 1 amide bonds. The molecule has 0 bridgehead atoms. The molecule has 2 aromatic rings. The maximum atomic E-state index is 12.3. The molecule has 1 aliphatic rings. The van der Waals surface area contributed by atoms with E-state index in [1.165, 1.54) is 0 Å². The summed E-state index contributed by atoms with van der Waals surface area (Å²) in [5, 5.41) is 7.28. The van der Waals surface area contributed by atoms with E-state index < -0.39 is 0 Å². The summed E-state index contributed by atoms with van der Waals surface area (Å²) in [6.07, 6.45) is 9.01. The zero-order chi connectivity index (χ0) is 13.8. The minimum atomic E-state index is 0.233. The van der Waals surface area contributed by atoms with E-state index in [-0.39, 0.29) is 5.91 Å². The fourth-order valence-corrected chi connectivity index (χ4v) is 3.26. The van der Waals surface area contributed by atoms with Crippen LogP contribution in [0.1, 0.15) is 30.3 Å². The van der Waals surface area contributed by atoms with E-state index in [0.29, 0.717) is 12.5 Å². The Hall–Kier alpha value is -1.69. The van der Waals surface area contributed by atoms with Crippen LogP contribution in [0.15, 0.2) is 30.0 Å². The molecule has 0 spiro atoms. The number of aryl methyl sites for hydroxylation is 1. The molecule has 5 nitrogen and oxygen atoms in total. The number of likely N-dealkylation sites (tertiary alicyclic amines) is 1. The third-order valence-electron chi connectivity index (χ3n) is 3.68. The lowest BCUT2D eigenvalue weighted by atomic mass is 10.1. The van der Waals surface area contributed by atoms with Crippen molar-refractivity contribution in [2.75, 3.05) is 13.1 Å². The highest BCUT2D eigenvalue weighted by Gasteiger charge is 2.24. The van der Waals surface area contributed by atoms with Gasteiger partial charge in [0.05, 0.1) is 11.0 Å². The predicted octanol–water partition coefficient (Wildman–Crippen LogP) is 2.14. The highest BCUT2D eigenvalue weighted by atomic mass is 32.1. The average Bonchev–Trinajstić information content (AvgIpc) is 3.18. The number of nitrogens with zero attached hydrogens (tertiary/aromatic N) is 4. The van der Waals surface area contributed by atoms with Gasteiger partial charge < -0.3 is 4.90 Å². The molecular weight excluding hydrogens is 272 g/mol. The Morgan fingerprint density at radius 2 is 2.40 bits per heavy atom. The summed E-state index contributed by atoms with van der Waals surface area (Å²) >= 11 is 1.61. The fraction of sp³-hybridized carbons (Fsp3) is 0.500. The van der Waals surface area contributed by atoms with Crippen LogP contribution in [0.5, 0.6) is 0 Å². The average molecular weight is 290 g/mol. The first-order valence-electron chi connectivity index (χ1n) is 6.98. The highest BCUT2D eigenvalue weighted by molar-refractivity contribution is 7.09. The number of aromatic nitrogens is 3. The first kappa shape index (κ1) is 13.3. The fourth-order valence-electron chi connectivity index (χ4n) is 2.64. The van der Waals surface area contributed by atoms with Gasteiger partial charge in [-0.3, -0.25) is 9.48 Å². The molecule has 1 saturated heterocycles. The van der Waals surface area contributed by atoms with Gasteiger partial charge in [-0.2, -0.15) is 5.10 Å². The first-order chi connectivity index (χ1) is 9.83. The molecule has 2 aromatic heterocycles. The minimum absolute atomic E-state index is 0.233. The summed E-state index contributed by atoms with van der Waals surface area (Å²) < 4.78 is 1.97. The van der Waals surface area contributed by atoms with Crippen LogP contribution in [0.3, 0.4) is 0 Å². The summed E-state index contributed by atoms with van der Waals surface area (Å²) in [6.45, 7) is 1.65. The summed E-state index contributed by atoms with van der Waals surface area (Å²) in [5.74, 6) is 0.233. The van der Waals surface area contributed by atoms with Gasteiger partial charge in [-0.05, 0) is 18.9 Å². The molecule has 0 N–H and O–H groups in total. The molecule has 0 aromatic carbocycles. The second kappa shape index (κ2) is 6.17. The second-order valence-corrected chi connectivity index (χ2v) is 6.03. The van der Waals surface area contributed by atoms with E-state index in [9.17, 15) is 4.79 Å². The molecule has 1 aliphatic heterocycles. The topological polar surface area (TPSA) is 51.0 Å². The molecule has 3 rings (SSSR count). The zero-order valence-corrected chi connectivity index (χ0v) is 12.1. The van der Waals surface area contributed by atoms with Crippen LogP contribution < -0.4 is 0 Å². The minimum Gasteiger partial charge on any atom is -0.341 e. The number of amides is 1. The molecule has 0 aliphatic carbocycles. The van der Waals surface area contributed by atoms with Crippen molar-refractivity contribution in [3.8, 4) is 0 Å². The summed E-state index contributed by atoms with van der Waals surface area (Å²) in [7, 11) is 0. The SMILES string of the molecule is O=C(CCc1nccs1)N1CCC[C@H](n2cccn2)C1. The number of carbonyl (C=O) groups excluding carboxylic acids is 1. The van der Waals surface area contributed by atoms with Crippen molar-refractivity contribution in [3.63, 3.8) is 0 Å². The third-order valence-corrected chi connectivity index (χ3v) is 4.52. The molecule has 20 heavy (non-hydrogen) atoms. The Balaban J connectivity index is 1.55. The summed E-state index contributed by atoms with van der Waals surface area (Å²) in [6, 6.07) is 2.26. The Bertz CT molecular complexity index is 538. The summed E-state index contributed by atoms with van der Waals surface area (Å²) in [4.78, 5) is 18.5. The predicted molar refractivity (Wildman–Crippen MR) is 77.5 cm³/mol. The molecule has 0 unspecified atom stereocenters. The van der Waals surface area contributed by atoms with Crippen LogP contribution >= 0.6 is 11.3 Å². The van der Waals surface area contributed by atoms with Gasteiger partial charge in [0.1, 0.15) is 0 Å². The van der Waals surface area contributed by atoms with Crippen LogP contribution in [0, 0.1) is 0 Å². The van der Waals surface area contributed by atoms with E-state index in [1.54, 1.807) is 23.7 Å². The highest BCUT2D eigenvalue weighted by Crippen LogP contribution is 2.21. The standard InChI is InChI=1S/C14H18N4OS/c19-14(5-4-13-15-7-10-20-13)17-8-1-3-12(11-17)18-9-2-6-16-18/h2,6-7,9-10,12H,1,3-5,8,11H2/t12-/m0/s1. The smallest absolute Gasteiger partial charge is 0.223 e. The van der Waals surface area contributed by atoms with Gasteiger partial charge in [-0.25, -0.2) is 4.98 Å². The van der Waals surface area contributed by atoms with Gasteiger partial charge in [0.2, 0.25) is 5.91 Å². The Labute approximate surface area is 122 Å². The first-order valence-corrected chi connectivity index (χ1v) is 7.86. The van der Waals surface area contributed by atoms with Gasteiger partial charge in [0, 0.05) is 49.9 Å². The van der Waals surface area contributed by atoms with E-state index >= 15 is 0 Å². The van der Waals surface area contributed by atoms with E-state index in [4.69, 9.17) is 0 Å². The lowest BCUT2D eigenvalue weighted by Crippen LogP contribution is -2.40. The molecule has 106 valence electrons. The van der Waals surface area contributed by atoms with Gasteiger partial charge in [-0.15, -0.1) is 11.3 Å². The van der Waals surface area contributed by atoms with Crippen molar-refractivity contribution in [3.05, 3.63) is 35.0 Å². The number of carbonyl (C=O) groups is 1. The van der Waals surface area contributed by atoms with Crippen molar-refractivity contribution in [2.45, 2.75) is 31.7 Å². The van der Waals surface area contributed by atoms with E-state index in [0.717, 1.165) is 37.4 Å². The normalized spacial score (nSPS) is 19.2. The quantitative estimate of drug-likeness (QED) is 0.867. The number of hydrogen-bond donors (Lipinski definition) is 0. The van der Waals surface area contributed by atoms with Crippen LogP contribution in [-0.4, -0.2) is 38.7 Å². The van der Waals surface area contributed by atoms with Gasteiger partial charge >= 0.3 is 0 Å². The Morgan fingerprint density at radius 1 is 1.45 bits per heavy atom. The van der Waals surface area contributed by atoms with Crippen molar-refractivity contribution in [1.82, 2.24) is 19.7 Å². The van der Waals surface area contributed by atoms with Crippen molar-refractivity contribution in [1.29, 1.82) is 0 Å². The maximum absolute atomic E-state index is 12.3. The van der Waals surface area contributed by atoms with Crippen molar-refractivity contribution >= 4 is 17.2 Å². The van der Waals surface area contributed by atoms with E-state index in [1.807, 2.05) is 27.2 Å². The second-order valence-electron chi connectivity index (χ2n) is 5.05. The maximum Gasteiger partial charge on any atom is 0.223 e. The van der Waals surface area contributed by atoms with Crippen molar-refractivity contribution < 1.29 is 4.79 Å². The number of rotatable bonds is 4. The number of piperidine rings is 1.